The molecule has 0 aliphatic carbocycles. The normalized spacial score (nSPS) is 16.2. The highest BCUT2D eigenvalue weighted by molar-refractivity contribution is 6.12. The van der Waals surface area contributed by atoms with Crippen molar-refractivity contribution in [3.63, 3.8) is 0 Å². The molecule has 0 spiro atoms. The van der Waals surface area contributed by atoms with Gasteiger partial charge in [-0.25, -0.2) is 14.4 Å². The standard InChI is InChI=1S/C33H28N4O5/c38-30-21-23-11-7-9-17-27(23)37(28-18-10-8-16-26(28)30)32(41)34-19-20-35(29(22-34)31(39)40)33(42)36(24-12-3-1-4-13-24)25-14-5-2-6-15-25/h1-18,29H,19-22H2,(H,39,40)/t29-/m0/s1. The van der Waals surface area contributed by atoms with E-state index in [1.54, 1.807) is 60.7 Å². The highest BCUT2D eigenvalue weighted by Gasteiger charge is 2.41. The van der Waals surface area contributed by atoms with Crippen molar-refractivity contribution >= 4 is 46.6 Å². The van der Waals surface area contributed by atoms with Gasteiger partial charge in [-0.3, -0.25) is 14.6 Å². The minimum atomic E-state index is -1.29. The lowest BCUT2D eigenvalue weighted by Crippen LogP contribution is -2.62. The average Bonchev–Trinajstić information content (AvgIpc) is 3.15. The topological polar surface area (TPSA) is 101 Å². The summed E-state index contributed by atoms with van der Waals surface area (Å²) in [6.07, 6.45) is 0.145. The van der Waals surface area contributed by atoms with Crippen LogP contribution in [0.2, 0.25) is 0 Å². The molecular weight excluding hydrogens is 532 g/mol. The first-order valence-electron chi connectivity index (χ1n) is 13.7. The van der Waals surface area contributed by atoms with Gasteiger partial charge in [-0.05, 0) is 48.0 Å². The molecule has 2 aliphatic rings. The molecule has 4 aromatic carbocycles. The van der Waals surface area contributed by atoms with Gasteiger partial charge in [0.1, 0.15) is 6.04 Å². The number of para-hydroxylation sites is 4. The van der Waals surface area contributed by atoms with Crippen LogP contribution < -0.4 is 9.80 Å². The zero-order chi connectivity index (χ0) is 29.2. The van der Waals surface area contributed by atoms with Crippen molar-refractivity contribution < 1.29 is 24.3 Å². The third kappa shape index (κ3) is 4.85. The van der Waals surface area contributed by atoms with Crippen molar-refractivity contribution in [1.82, 2.24) is 9.80 Å². The molecule has 1 atom stereocenters. The Balaban J connectivity index is 1.33. The summed E-state index contributed by atoms with van der Waals surface area (Å²) in [6.45, 7) is -0.0968. The lowest BCUT2D eigenvalue weighted by Gasteiger charge is -2.42. The molecule has 0 radical (unpaired) electrons. The van der Waals surface area contributed by atoms with E-state index in [1.165, 1.54) is 19.6 Å². The second kappa shape index (κ2) is 11.2. The summed E-state index contributed by atoms with van der Waals surface area (Å²) >= 11 is 0. The fourth-order valence-electron chi connectivity index (χ4n) is 5.58. The van der Waals surface area contributed by atoms with Crippen LogP contribution in [0.25, 0.3) is 0 Å². The number of piperazine rings is 1. The number of nitrogens with zero attached hydrogens (tertiary/aromatic N) is 4. The Morgan fingerprint density at radius 1 is 0.714 bits per heavy atom. The summed E-state index contributed by atoms with van der Waals surface area (Å²) in [5.74, 6) is -1.32. The molecule has 210 valence electrons. The van der Waals surface area contributed by atoms with Crippen molar-refractivity contribution in [3.8, 4) is 0 Å². The molecule has 4 amide bonds. The van der Waals surface area contributed by atoms with E-state index in [1.807, 2.05) is 48.5 Å². The molecule has 0 bridgehead atoms. The van der Waals surface area contributed by atoms with E-state index in [4.69, 9.17) is 0 Å². The maximum atomic E-state index is 14.2. The van der Waals surface area contributed by atoms with E-state index in [0.29, 0.717) is 33.9 Å². The molecule has 9 heteroatoms. The number of carbonyl (C=O) groups excluding carboxylic acids is 3. The molecule has 0 aromatic heterocycles. The van der Waals surface area contributed by atoms with Crippen molar-refractivity contribution in [2.75, 3.05) is 29.4 Å². The monoisotopic (exact) mass is 560 g/mol. The minimum absolute atomic E-state index is 0.00771. The van der Waals surface area contributed by atoms with Crippen LogP contribution in [-0.4, -0.2) is 64.4 Å². The lowest BCUT2D eigenvalue weighted by molar-refractivity contribution is -0.143. The number of anilines is 4. The minimum Gasteiger partial charge on any atom is -0.480 e. The zero-order valence-corrected chi connectivity index (χ0v) is 22.7. The van der Waals surface area contributed by atoms with Crippen molar-refractivity contribution in [2.24, 2.45) is 0 Å². The Labute approximate surface area is 242 Å². The molecule has 4 aromatic rings. The molecule has 0 unspecified atom stereocenters. The van der Waals surface area contributed by atoms with Crippen LogP contribution in [-0.2, 0) is 11.2 Å². The highest BCUT2D eigenvalue weighted by atomic mass is 16.4. The van der Waals surface area contributed by atoms with Gasteiger partial charge in [-0.1, -0.05) is 66.7 Å². The second-order valence-corrected chi connectivity index (χ2v) is 10.1. The number of carboxylic acid groups (broad SMARTS) is 1. The van der Waals surface area contributed by atoms with Crippen LogP contribution in [0.1, 0.15) is 15.9 Å². The summed E-state index contributed by atoms with van der Waals surface area (Å²) in [4.78, 5) is 59.6. The number of rotatable bonds is 3. The predicted molar refractivity (Wildman–Crippen MR) is 159 cm³/mol. The molecule has 1 fully saturated rings. The number of amides is 4. The summed E-state index contributed by atoms with van der Waals surface area (Å²) in [5, 5.41) is 10.3. The van der Waals surface area contributed by atoms with E-state index >= 15 is 0 Å². The summed E-state index contributed by atoms with van der Waals surface area (Å²) in [6, 6.07) is 30.0. The highest BCUT2D eigenvalue weighted by Crippen LogP contribution is 2.37. The Morgan fingerprint density at radius 2 is 1.29 bits per heavy atom. The fourth-order valence-corrected chi connectivity index (χ4v) is 5.58. The number of fused-ring (bicyclic) bond motifs is 2. The molecule has 9 nitrogen and oxygen atoms in total. The zero-order valence-electron chi connectivity index (χ0n) is 22.7. The summed E-state index contributed by atoms with van der Waals surface area (Å²) in [5.41, 5.74) is 3.34. The quantitative estimate of drug-likeness (QED) is 0.346. The third-order valence-electron chi connectivity index (χ3n) is 7.62. The predicted octanol–water partition coefficient (Wildman–Crippen LogP) is 5.71. The number of urea groups is 2. The molecule has 1 N–H and O–H groups in total. The van der Waals surface area contributed by atoms with E-state index in [0.717, 1.165) is 0 Å². The van der Waals surface area contributed by atoms with Gasteiger partial charge in [-0.15, -0.1) is 0 Å². The van der Waals surface area contributed by atoms with Gasteiger partial charge in [0, 0.05) is 25.1 Å². The van der Waals surface area contributed by atoms with Crippen LogP contribution in [0.5, 0.6) is 0 Å². The van der Waals surface area contributed by atoms with E-state index in [9.17, 15) is 24.3 Å². The van der Waals surface area contributed by atoms with Gasteiger partial charge in [0.05, 0.1) is 29.3 Å². The van der Waals surface area contributed by atoms with Crippen LogP contribution >= 0.6 is 0 Å². The SMILES string of the molecule is O=C1Cc2ccccc2N(C(=O)N2CCN(C(=O)N(c3ccccc3)c3ccccc3)[C@H](C(=O)O)C2)c2ccccc21. The summed E-state index contributed by atoms with van der Waals surface area (Å²) < 4.78 is 0. The number of aliphatic carboxylic acids is 1. The van der Waals surface area contributed by atoms with Crippen LogP contribution in [0.3, 0.4) is 0 Å². The molecule has 2 heterocycles. The van der Waals surface area contributed by atoms with Gasteiger partial charge in [0.15, 0.2) is 5.78 Å². The molecule has 42 heavy (non-hydrogen) atoms. The van der Waals surface area contributed by atoms with Crippen LogP contribution in [0.15, 0.2) is 109 Å². The van der Waals surface area contributed by atoms with Gasteiger partial charge in [0.25, 0.3) is 0 Å². The number of ketones is 1. The Hall–Kier alpha value is -5.44. The molecule has 2 aliphatic heterocycles. The first kappa shape index (κ1) is 26.8. The largest absolute Gasteiger partial charge is 0.480 e. The van der Waals surface area contributed by atoms with Gasteiger partial charge < -0.3 is 14.9 Å². The second-order valence-electron chi connectivity index (χ2n) is 10.1. The van der Waals surface area contributed by atoms with Gasteiger partial charge in [0.2, 0.25) is 0 Å². The Morgan fingerprint density at radius 3 is 1.93 bits per heavy atom. The maximum absolute atomic E-state index is 14.2. The third-order valence-corrected chi connectivity index (χ3v) is 7.62. The van der Waals surface area contributed by atoms with Crippen molar-refractivity contribution in [1.29, 1.82) is 0 Å². The smallest absolute Gasteiger partial charge is 0.329 e. The van der Waals surface area contributed by atoms with Crippen LogP contribution in [0.4, 0.5) is 32.3 Å². The Bertz CT molecular complexity index is 1620. The molecular formula is C33H28N4O5. The number of carbonyl (C=O) groups is 4. The Kier molecular flexibility index (Phi) is 7.14. The van der Waals surface area contributed by atoms with E-state index < -0.39 is 24.1 Å². The number of Topliss-reactive ketones (excluding diaryl/α,β-unsaturated/α-hetero) is 1. The number of hydrogen-bond acceptors (Lipinski definition) is 4. The first-order chi connectivity index (χ1) is 20.4. The van der Waals surface area contributed by atoms with Crippen molar-refractivity contribution in [2.45, 2.75) is 12.5 Å². The van der Waals surface area contributed by atoms with Crippen LogP contribution in [0, 0.1) is 0 Å². The number of carboxylic acids is 1. The lowest BCUT2D eigenvalue weighted by atomic mass is 10.0. The number of hydrogen-bond donors (Lipinski definition) is 1. The molecule has 6 rings (SSSR count). The van der Waals surface area contributed by atoms with E-state index in [2.05, 4.69) is 0 Å². The number of benzene rings is 4. The van der Waals surface area contributed by atoms with Crippen molar-refractivity contribution in [3.05, 3.63) is 120 Å². The average molecular weight is 561 g/mol. The molecule has 1 saturated heterocycles. The fraction of sp³-hybridized carbons (Fsp3) is 0.152. The van der Waals surface area contributed by atoms with Gasteiger partial charge in [-0.2, -0.15) is 0 Å². The van der Waals surface area contributed by atoms with Gasteiger partial charge >= 0.3 is 18.0 Å². The first-order valence-corrected chi connectivity index (χ1v) is 13.7. The summed E-state index contributed by atoms with van der Waals surface area (Å²) in [7, 11) is 0. The van der Waals surface area contributed by atoms with E-state index in [-0.39, 0.29) is 31.8 Å². The molecule has 0 saturated carbocycles. The maximum Gasteiger partial charge on any atom is 0.329 e.